The molecule has 0 aromatic heterocycles. The summed E-state index contributed by atoms with van der Waals surface area (Å²) in [4.78, 5) is 11.1. The quantitative estimate of drug-likeness (QED) is 0.490. The van der Waals surface area contributed by atoms with Crippen molar-refractivity contribution < 1.29 is 24.1 Å². The Morgan fingerprint density at radius 3 is 2.32 bits per heavy atom. The highest BCUT2D eigenvalue weighted by Gasteiger charge is 2.21. The van der Waals surface area contributed by atoms with Gasteiger partial charge in [0.25, 0.3) is 0 Å². The van der Waals surface area contributed by atoms with Crippen LogP contribution < -0.4 is 0 Å². The molecule has 0 rings (SSSR count). The molecule has 5 heteroatoms. The van der Waals surface area contributed by atoms with Crippen molar-refractivity contribution in [1.82, 2.24) is 0 Å². The highest BCUT2D eigenvalue weighted by molar-refractivity contribution is 5.66. The molecule has 0 aliphatic rings. The minimum absolute atomic E-state index is 0.102. The van der Waals surface area contributed by atoms with Crippen molar-refractivity contribution in [2.24, 2.45) is 0 Å². The largest absolute Gasteiger partial charge is 0.462 e. The molecule has 5 nitrogen and oxygen atoms in total. The van der Waals surface area contributed by atoms with Gasteiger partial charge in [-0.3, -0.25) is 4.79 Å². The van der Waals surface area contributed by atoms with Gasteiger partial charge in [0.05, 0.1) is 12.2 Å². The van der Waals surface area contributed by atoms with Crippen LogP contribution in [0.25, 0.3) is 0 Å². The molecule has 19 heavy (non-hydrogen) atoms. The lowest BCUT2D eigenvalue weighted by Crippen LogP contribution is -2.29. The normalized spacial score (nSPS) is 17.6. The smallest absolute Gasteiger partial charge is 0.302 e. The van der Waals surface area contributed by atoms with Gasteiger partial charge in [-0.25, -0.2) is 0 Å². The zero-order chi connectivity index (χ0) is 14.8. The van der Waals surface area contributed by atoms with Gasteiger partial charge in [0.2, 0.25) is 0 Å². The molecule has 114 valence electrons. The third kappa shape index (κ3) is 9.87. The second kappa shape index (κ2) is 10.2. The average Bonchev–Trinajstić information content (AvgIpc) is 2.27. The Morgan fingerprint density at radius 2 is 1.84 bits per heavy atom. The third-order valence-electron chi connectivity index (χ3n) is 2.76. The summed E-state index contributed by atoms with van der Waals surface area (Å²) in [6.45, 7) is 9.51. The minimum Gasteiger partial charge on any atom is -0.462 e. The van der Waals surface area contributed by atoms with Gasteiger partial charge < -0.3 is 19.3 Å². The van der Waals surface area contributed by atoms with Crippen molar-refractivity contribution in [2.45, 2.75) is 78.5 Å². The van der Waals surface area contributed by atoms with Crippen LogP contribution in [0.3, 0.4) is 0 Å². The van der Waals surface area contributed by atoms with Crippen molar-refractivity contribution in [3.63, 3.8) is 0 Å². The molecule has 0 saturated carbocycles. The first-order valence-corrected chi connectivity index (χ1v) is 7.01. The summed E-state index contributed by atoms with van der Waals surface area (Å²) < 4.78 is 16.1. The minimum atomic E-state index is -0.458. The number of carbonyl (C=O) groups is 1. The van der Waals surface area contributed by atoms with E-state index in [-0.39, 0.29) is 24.5 Å². The van der Waals surface area contributed by atoms with E-state index in [1.807, 2.05) is 27.7 Å². The number of aliphatic hydroxyl groups is 1. The predicted molar refractivity (Wildman–Crippen MR) is 72.7 cm³/mol. The van der Waals surface area contributed by atoms with Crippen LogP contribution in [0.4, 0.5) is 0 Å². The molecule has 0 radical (unpaired) electrons. The van der Waals surface area contributed by atoms with Crippen LogP contribution in [-0.4, -0.2) is 42.3 Å². The molecular formula is C14H28O5. The Balaban J connectivity index is 4.24. The summed E-state index contributed by atoms with van der Waals surface area (Å²) in [6, 6.07) is 0. The molecule has 0 bridgehead atoms. The molecule has 0 aromatic rings. The van der Waals surface area contributed by atoms with E-state index in [1.165, 1.54) is 6.92 Å². The fraction of sp³-hybridized carbons (Fsp3) is 0.929. The zero-order valence-corrected chi connectivity index (χ0v) is 12.7. The van der Waals surface area contributed by atoms with Gasteiger partial charge in [-0.1, -0.05) is 6.92 Å². The summed E-state index contributed by atoms with van der Waals surface area (Å²) in [5.74, 6) is -0.335. The Bertz CT molecular complexity index is 244. The fourth-order valence-electron chi connectivity index (χ4n) is 1.92. The predicted octanol–water partition coefficient (Wildman–Crippen LogP) is 2.26. The second-order valence-electron chi connectivity index (χ2n) is 4.73. The maximum absolute atomic E-state index is 11.1. The number of aliphatic hydroxyl groups excluding tert-OH is 1. The van der Waals surface area contributed by atoms with Crippen LogP contribution in [0.2, 0.25) is 0 Å². The first-order valence-electron chi connectivity index (χ1n) is 7.01. The van der Waals surface area contributed by atoms with E-state index in [0.717, 1.165) is 0 Å². The van der Waals surface area contributed by atoms with E-state index >= 15 is 0 Å². The molecule has 1 N–H and O–H groups in total. The molecule has 0 aromatic carbocycles. The summed E-state index contributed by atoms with van der Waals surface area (Å²) in [5.41, 5.74) is 0. The van der Waals surface area contributed by atoms with Gasteiger partial charge in [-0.2, -0.15) is 0 Å². The maximum atomic E-state index is 11.1. The molecule has 0 spiro atoms. The molecule has 4 unspecified atom stereocenters. The number of ether oxygens (including phenoxy) is 3. The Kier molecular flexibility index (Phi) is 9.83. The highest BCUT2D eigenvalue weighted by atomic mass is 16.7. The summed E-state index contributed by atoms with van der Waals surface area (Å²) >= 11 is 0. The lowest BCUT2D eigenvalue weighted by Gasteiger charge is -2.25. The third-order valence-corrected chi connectivity index (χ3v) is 2.76. The summed E-state index contributed by atoms with van der Waals surface area (Å²) in [6.07, 6.45) is 0.463. The molecule has 4 atom stereocenters. The second-order valence-corrected chi connectivity index (χ2v) is 4.73. The van der Waals surface area contributed by atoms with Crippen molar-refractivity contribution in [3.8, 4) is 0 Å². The SMILES string of the molecule is CCOC(C)OC(C)CC(CC(O)CC)OC(C)=O. The first kappa shape index (κ1) is 18.4. The highest BCUT2D eigenvalue weighted by Crippen LogP contribution is 2.15. The summed E-state index contributed by atoms with van der Waals surface area (Å²) in [5, 5.41) is 9.66. The molecule has 0 amide bonds. The molecule has 0 aliphatic heterocycles. The van der Waals surface area contributed by atoms with Crippen LogP contribution >= 0.6 is 0 Å². The van der Waals surface area contributed by atoms with Crippen molar-refractivity contribution in [2.75, 3.05) is 6.61 Å². The van der Waals surface area contributed by atoms with Crippen molar-refractivity contribution >= 4 is 5.97 Å². The zero-order valence-electron chi connectivity index (χ0n) is 12.7. The first-order chi connectivity index (χ1) is 8.88. The van der Waals surface area contributed by atoms with Crippen molar-refractivity contribution in [1.29, 1.82) is 0 Å². The van der Waals surface area contributed by atoms with Gasteiger partial charge in [-0.15, -0.1) is 0 Å². The van der Waals surface area contributed by atoms with E-state index < -0.39 is 6.10 Å². The van der Waals surface area contributed by atoms with Crippen LogP contribution in [0, 0.1) is 0 Å². The lowest BCUT2D eigenvalue weighted by molar-refractivity contribution is -0.167. The lowest BCUT2D eigenvalue weighted by atomic mass is 10.0. The van der Waals surface area contributed by atoms with E-state index in [4.69, 9.17) is 14.2 Å². The van der Waals surface area contributed by atoms with Gasteiger partial charge in [0.15, 0.2) is 6.29 Å². The number of rotatable bonds is 10. The standard InChI is InChI=1S/C14H28O5/c1-6-13(16)9-14(19-11(4)15)8-10(3)18-12(5)17-7-2/h10,12-14,16H,6-9H2,1-5H3. The monoisotopic (exact) mass is 276 g/mol. The van der Waals surface area contributed by atoms with E-state index in [1.54, 1.807) is 0 Å². The topological polar surface area (TPSA) is 65.0 Å². The molecule has 0 heterocycles. The van der Waals surface area contributed by atoms with E-state index in [2.05, 4.69) is 0 Å². The van der Waals surface area contributed by atoms with Gasteiger partial charge in [0.1, 0.15) is 6.10 Å². The number of esters is 1. The van der Waals surface area contributed by atoms with Crippen LogP contribution in [0.15, 0.2) is 0 Å². The van der Waals surface area contributed by atoms with Gasteiger partial charge >= 0.3 is 5.97 Å². The van der Waals surface area contributed by atoms with Gasteiger partial charge in [-0.05, 0) is 27.2 Å². The molecule has 0 aliphatic carbocycles. The van der Waals surface area contributed by atoms with E-state index in [0.29, 0.717) is 25.9 Å². The van der Waals surface area contributed by atoms with Crippen molar-refractivity contribution in [3.05, 3.63) is 0 Å². The number of carbonyl (C=O) groups excluding carboxylic acids is 1. The van der Waals surface area contributed by atoms with Crippen LogP contribution in [0.5, 0.6) is 0 Å². The maximum Gasteiger partial charge on any atom is 0.302 e. The fourth-order valence-corrected chi connectivity index (χ4v) is 1.92. The Morgan fingerprint density at radius 1 is 1.21 bits per heavy atom. The molecular weight excluding hydrogens is 248 g/mol. The van der Waals surface area contributed by atoms with E-state index in [9.17, 15) is 9.90 Å². The van der Waals surface area contributed by atoms with Crippen LogP contribution in [-0.2, 0) is 19.0 Å². The average molecular weight is 276 g/mol. The van der Waals surface area contributed by atoms with Gasteiger partial charge in [0, 0.05) is 26.4 Å². The summed E-state index contributed by atoms with van der Waals surface area (Å²) in [7, 11) is 0. The van der Waals surface area contributed by atoms with Crippen LogP contribution in [0.1, 0.15) is 53.9 Å². The Hall–Kier alpha value is -0.650. The Labute approximate surface area is 116 Å². The molecule has 0 saturated heterocycles. The molecule has 0 fully saturated rings. The number of hydrogen-bond donors (Lipinski definition) is 1. The number of hydrogen-bond acceptors (Lipinski definition) is 5.